The van der Waals surface area contributed by atoms with Gasteiger partial charge < -0.3 is 15.5 Å². The Kier molecular flexibility index (Phi) is 6.74. The summed E-state index contributed by atoms with van der Waals surface area (Å²) in [6.07, 6.45) is 3.46. The van der Waals surface area contributed by atoms with Crippen LogP contribution in [0.2, 0.25) is 5.02 Å². The van der Waals surface area contributed by atoms with Crippen LogP contribution in [0.15, 0.2) is 24.3 Å². The standard InChI is InChI=1S/C16H24ClN3S/c1-2-9-18-16(21)19-15-7-10-20(11-8-15)12-13-3-5-14(17)6-4-13/h3-6,15H,2,7-12H2,1H3,(H2,18,19,21)/p+1. The van der Waals surface area contributed by atoms with Crippen LogP contribution in [0.25, 0.3) is 0 Å². The molecule has 21 heavy (non-hydrogen) atoms. The zero-order chi connectivity index (χ0) is 15.1. The van der Waals surface area contributed by atoms with Crippen LogP contribution in [0.4, 0.5) is 0 Å². The fourth-order valence-corrected chi connectivity index (χ4v) is 3.11. The number of hydrogen-bond donors (Lipinski definition) is 3. The third-order valence-electron chi connectivity index (χ3n) is 3.93. The lowest BCUT2D eigenvalue weighted by Gasteiger charge is -2.30. The van der Waals surface area contributed by atoms with E-state index in [1.807, 2.05) is 12.1 Å². The van der Waals surface area contributed by atoms with Crippen LogP contribution >= 0.6 is 23.8 Å². The third-order valence-corrected chi connectivity index (χ3v) is 4.45. The second-order valence-electron chi connectivity index (χ2n) is 5.73. The first-order valence-corrected chi connectivity index (χ1v) is 8.58. The summed E-state index contributed by atoms with van der Waals surface area (Å²) in [6, 6.07) is 8.73. The minimum Gasteiger partial charge on any atom is -0.363 e. The molecule has 0 aliphatic carbocycles. The number of rotatable bonds is 5. The summed E-state index contributed by atoms with van der Waals surface area (Å²) in [5.41, 5.74) is 1.36. The van der Waals surface area contributed by atoms with E-state index in [1.165, 1.54) is 31.5 Å². The maximum absolute atomic E-state index is 5.92. The maximum atomic E-state index is 5.92. The Morgan fingerprint density at radius 3 is 2.57 bits per heavy atom. The molecule has 1 heterocycles. The van der Waals surface area contributed by atoms with E-state index in [4.69, 9.17) is 23.8 Å². The van der Waals surface area contributed by atoms with Gasteiger partial charge >= 0.3 is 0 Å². The van der Waals surface area contributed by atoms with Crippen molar-refractivity contribution in [3.05, 3.63) is 34.9 Å². The van der Waals surface area contributed by atoms with Gasteiger partial charge in [-0.2, -0.15) is 0 Å². The fourth-order valence-electron chi connectivity index (χ4n) is 2.71. The summed E-state index contributed by atoms with van der Waals surface area (Å²) in [5.74, 6) is 0. The van der Waals surface area contributed by atoms with Gasteiger partial charge in [-0.1, -0.05) is 30.7 Å². The molecule has 1 aliphatic heterocycles. The molecular formula is C16H25ClN3S+. The Morgan fingerprint density at radius 2 is 1.95 bits per heavy atom. The number of thiocarbonyl (C=S) groups is 1. The summed E-state index contributed by atoms with van der Waals surface area (Å²) in [4.78, 5) is 1.64. The van der Waals surface area contributed by atoms with Crippen LogP contribution < -0.4 is 15.5 Å². The van der Waals surface area contributed by atoms with Gasteiger partial charge in [-0.25, -0.2) is 0 Å². The molecule has 2 rings (SSSR count). The Morgan fingerprint density at radius 1 is 1.29 bits per heavy atom. The number of halogens is 1. The molecule has 3 nitrogen and oxygen atoms in total. The smallest absolute Gasteiger partial charge is 0.166 e. The molecule has 3 N–H and O–H groups in total. The maximum Gasteiger partial charge on any atom is 0.166 e. The van der Waals surface area contributed by atoms with Gasteiger partial charge in [0.1, 0.15) is 6.54 Å². The molecule has 0 saturated carbocycles. The average Bonchev–Trinajstić information content (AvgIpc) is 2.49. The first-order valence-electron chi connectivity index (χ1n) is 7.79. The molecule has 5 heteroatoms. The van der Waals surface area contributed by atoms with E-state index in [0.717, 1.165) is 29.6 Å². The van der Waals surface area contributed by atoms with E-state index in [0.29, 0.717) is 6.04 Å². The Balaban J connectivity index is 1.70. The average molecular weight is 327 g/mol. The molecule has 1 fully saturated rings. The summed E-state index contributed by atoms with van der Waals surface area (Å²) < 4.78 is 0. The van der Waals surface area contributed by atoms with Crippen molar-refractivity contribution >= 4 is 28.9 Å². The van der Waals surface area contributed by atoms with Gasteiger partial charge in [-0.05, 0) is 30.8 Å². The zero-order valence-corrected chi connectivity index (χ0v) is 14.2. The summed E-state index contributed by atoms with van der Waals surface area (Å²) in [7, 11) is 0. The topological polar surface area (TPSA) is 28.5 Å². The lowest BCUT2D eigenvalue weighted by Crippen LogP contribution is -3.12. The van der Waals surface area contributed by atoms with Crippen molar-refractivity contribution in [2.75, 3.05) is 19.6 Å². The number of nitrogens with one attached hydrogen (secondary N) is 3. The third kappa shape index (κ3) is 5.81. The molecule has 1 aliphatic rings. The highest BCUT2D eigenvalue weighted by Gasteiger charge is 2.22. The molecular weight excluding hydrogens is 302 g/mol. The lowest BCUT2D eigenvalue weighted by molar-refractivity contribution is -0.918. The Hall–Kier alpha value is -0.840. The van der Waals surface area contributed by atoms with Crippen LogP contribution in [-0.4, -0.2) is 30.8 Å². The van der Waals surface area contributed by atoms with E-state index < -0.39 is 0 Å². The molecule has 0 spiro atoms. The number of quaternary nitrogens is 1. The molecule has 0 unspecified atom stereocenters. The minimum absolute atomic E-state index is 0.524. The number of benzene rings is 1. The van der Waals surface area contributed by atoms with Crippen molar-refractivity contribution in [1.82, 2.24) is 10.6 Å². The second-order valence-corrected chi connectivity index (χ2v) is 6.57. The van der Waals surface area contributed by atoms with Gasteiger partial charge in [0.05, 0.1) is 13.1 Å². The highest BCUT2D eigenvalue weighted by Crippen LogP contribution is 2.09. The molecule has 0 radical (unpaired) electrons. The summed E-state index contributed by atoms with van der Waals surface area (Å²) >= 11 is 11.2. The van der Waals surface area contributed by atoms with E-state index in [1.54, 1.807) is 4.90 Å². The fraction of sp³-hybridized carbons (Fsp3) is 0.562. The van der Waals surface area contributed by atoms with E-state index in [9.17, 15) is 0 Å². The minimum atomic E-state index is 0.524. The number of piperidine rings is 1. The zero-order valence-electron chi connectivity index (χ0n) is 12.6. The van der Waals surface area contributed by atoms with Gasteiger partial charge in [0.25, 0.3) is 0 Å². The highest BCUT2D eigenvalue weighted by molar-refractivity contribution is 7.80. The van der Waals surface area contributed by atoms with Crippen molar-refractivity contribution in [2.45, 2.75) is 38.8 Å². The number of hydrogen-bond acceptors (Lipinski definition) is 1. The molecule has 0 aromatic heterocycles. The van der Waals surface area contributed by atoms with Crippen LogP contribution in [0.5, 0.6) is 0 Å². The molecule has 0 atom stereocenters. The van der Waals surface area contributed by atoms with Crippen molar-refractivity contribution in [2.24, 2.45) is 0 Å². The Bertz CT molecular complexity index is 441. The van der Waals surface area contributed by atoms with E-state index in [-0.39, 0.29) is 0 Å². The van der Waals surface area contributed by atoms with Crippen molar-refractivity contribution in [3.8, 4) is 0 Å². The van der Waals surface area contributed by atoms with Gasteiger partial charge in [0.15, 0.2) is 5.11 Å². The van der Waals surface area contributed by atoms with Gasteiger partial charge in [-0.3, -0.25) is 0 Å². The predicted octanol–water partition coefficient (Wildman–Crippen LogP) is 1.76. The van der Waals surface area contributed by atoms with Crippen molar-refractivity contribution in [3.63, 3.8) is 0 Å². The highest BCUT2D eigenvalue weighted by atomic mass is 35.5. The summed E-state index contributed by atoms with van der Waals surface area (Å²) in [6.45, 7) is 6.57. The van der Waals surface area contributed by atoms with Gasteiger partial charge in [-0.15, -0.1) is 0 Å². The lowest BCUT2D eigenvalue weighted by atomic mass is 10.0. The molecule has 0 bridgehead atoms. The van der Waals surface area contributed by atoms with Crippen LogP contribution in [0.3, 0.4) is 0 Å². The van der Waals surface area contributed by atoms with Crippen LogP contribution in [0.1, 0.15) is 31.7 Å². The number of likely N-dealkylation sites (tertiary alicyclic amines) is 1. The first-order chi connectivity index (χ1) is 10.2. The van der Waals surface area contributed by atoms with E-state index in [2.05, 4.69) is 29.7 Å². The normalized spacial score (nSPS) is 21.8. The molecule has 1 aromatic carbocycles. The molecule has 0 amide bonds. The van der Waals surface area contributed by atoms with Crippen LogP contribution in [-0.2, 0) is 6.54 Å². The van der Waals surface area contributed by atoms with Crippen molar-refractivity contribution in [1.29, 1.82) is 0 Å². The largest absolute Gasteiger partial charge is 0.363 e. The van der Waals surface area contributed by atoms with Crippen molar-refractivity contribution < 1.29 is 4.90 Å². The second kappa shape index (κ2) is 8.57. The summed E-state index contributed by atoms with van der Waals surface area (Å²) in [5, 5.41) is 8.29. The van der Waals surface area contributed by atoms with Gasteiger partial charge in [0.2, 0.25) is 0 Å². The molecule has 1 aromatic rings. The molecule has 116 valence electrons. The monoisotopic (exact) mass is 326 g/mol. The molecule has 1 saturated heterocycles. The van der Waals surface area contributed by atoms with E-state index >= 15 is 0 Å². The SMILES string of the molecule is CCCNC(=S)NC1CC[NH+](Cc2ccc(Cl)cc2)CC1. The van der Waals surface area contributed by atoms with Gasteiger partial charge in [0, 0.05) is 36.0 Å². The Labute approximate surface area is 138 Å². The van der Waals surface area contributed by atoms with Crippen LogP contribution in [0, 0.1) is 0 Å². The predicted molar refractivity (Wildman–Crippen MR) is 92.9 cm³/mol. The first kappa shape index (κ1) is 16.5. The quantitative estimate of drug-likeness (QED) is 0.720.